The molecule has 0 spiro atoms. The van der Waals surface area contributed by atoms with Gasteiger partial charge in [-0.05, 0) is 62.7 Å². The highest BCUT2D eigenvalue weighted by Gasteiger charge is 2.26. The molecule has 2 aromatic carbocycles. The maximum atomic E-state index is 12.0. The minimum atomic E-state index is -0.314. The lowest BCUT2D eigenvalue weighted by Gasteiger charge is -2.25. The van der Waals surface area contributed by atoms with Crippen LogP contribution in [0.1, 0.15) is 50.1 Å². The van der Waals surface area contributed by atoms with Crippen molar-refractivity contribution < 1.29 is 23.7 Å². The number of fused-ring (bicyclic) bond motifs is 3. The molecule has 1 aliphatic rings. The standard InChI is InChI=1S/C26H28N2O5/c1-4-30-26(29)14-25-23-13-19-12-21(6-7-22(19)28(23)9-10-31-25)32-16-18-5-8-24(33-17(2)3)20(11-18)15-27/h5-8,11-13,17,25H,4,9-10,14,16H2,1-3H3. The largest absolute Gasteiger partial charge is 0.490 e. The van der Waals surface area contributed by atoms with Crippen molar-refractivity contribution in [2.45, 2.75) is 52.6 Å². The molecule has 0 saturated heterocycles. The molecule has 0 saturated carbocycles. The molecule has 0 radical (unpaired) electrons. The van der Waals surface area contributed by atoms with Gasteiger partial charge in [0.1, 0.15) is 30.3 Å². The number of hydrogen-bond donors (Lipinski definition) is 0. The lowest BCUT2D eigenvalue weighted by atomic mass is 10.1. The van der Waals surface area contributed by atoms with Crippen molar-refractivity contribution in [2.24, 2.45) is 0 Å². The predicted molar refractivity (Wildman–Crippen MR) is 123 cm³/mol. The zero-order chi connectivity index (χ0) is 23.4. The van der Waals surface area contributed by atoms with Crippen LogP contribution in [0.2, 0.25) is 0 Å². The zero-order valence-electron chi connectivity index (χ0n) is 19.2. The first-order valence-electron chi connectivity index (χ1n) is 11.2. The molecule has 7 heteroatoms. The summed E-state index contributed by atoms with van der Waals surface area (Å²) in [6, 6.07) is 15.7. The highest BCUT2D eigenvalue weighted by atomic mass is 16.5. The first kappa shape index (κ1) is 22.7. The topological polar surface area (TPSA) is 82.7 Å². The quantitative estimate of drug-likeness (QED) is 0.456. The highest BCUT2D eigenvalue weighted by molar-refractivity contribution is 5.83. The fourth-order valence-corrected chi connectivity index (χ4v) is 4.06. The second kappa shape index (κ2) is 9.97. The van der Waals surface area contributed by atoms with Gasteiger partial charge in [0.15, 0.2) is 0 Å². The number of nitriles is 1. The van der Waals surface area contributed by atoms with Crippen LogP contribution in [0.15, 0.2) is 42.5 Å². The van der Waals surface area contributed by atoms with Crippen LogP contribution in [0, 0.1) is 11.3 Å². The summed E-state index contributed by atoms with van der Waals surface area (Å²) in [6.45, 7) is 7.64. The molecule has 0 N–H and O–H groups in total. The second-order valence-corrected chi connectivity index (χ2v) is 8.21. The highest BCUT2D eigenvalue weighted by Crippen LogP contribution is 2.34. The fraction of sp³-hybridized carbons (Fsp3) is 0.385. The fourth-order valence-electron chi connectivity index (χ4n) is 4.06. The van der Waals surface area contributed by atoms with Crippen LogP contribution in [-0.2, 0) is 27.4 Å². The molecule has 7 nitrogen and oxygen atoms in total. The van der Waals surface area contributed by atoms with Gasteiger partial charge in [0.2, 0.25) is 0 Å². The smallest absolute Gasteiger partial charge is 0.308 e. The van der Waals surface area contributed by atoms with Crippen LogP contribution < -0.4 is 9.47 Å². The van der Waals surface area contributed by atoms with Crippen molar-refractivity contribution in [1.82, 2.24) is 4.57 Å². The van der Waals surface area contributed by atoms with Crippen molar-refractivity contribution >= 4 is 16.9 Å². The van der Waals surface area contributed by atoms with Gasteiger partial charge in [-0.25, -0.2) is 0 Å². The third-order valence-electron chi connectivity index (χ3n) is 5.46. The lowest BCUT2D eigenvalue weighted by Crippen LogP contribution is -2.23. The Bertz CT molecular complexity index is 1190. The van der Waals surface area contributed by atoms with Crippen LogP contribution in [-0.4, -0.2) is 29.9 Å². The Labute approximate surface area is 193 Å². The average molecular weight is 449 g/mol. The minimum Gasteiger partial charge on any atom is -0.490 e. The number of benzene rings is 2. The molecule has 3 aromatic rings. The van der Waals surface area contributed by atoms with Crippen molar-refractivity contribution in [3.63, 3.8) is 0 Å². The van der Waals surface area contributed by atoms with Crippen LogP contribution in [0.3, 0.4) is 0 Å². The minimum absolute atomic E-state index is 0.00135. The van der Waals surface area contributed by atoms with Gasteiger partial charge in [-0.2, -0.15) is 5.26 Å². The zero-order valence-corrected chi connectivity index (χ0v) is 19.2. The summed E-state index contributed by atoms with van der Waals surface area (Å²) in [5.41, 5.74) is 3.44. The molecule has 1 unspecified atom stereocenters. The number of carbonyl (C=O) groups is 1. The Morgan fingerprint density at radius 1 is 1.24 bits per heavy atom. The molecule has 33 heavy (non-hydrogen) atoms. The molecule has 1 atom stereocenters. The molecule has 2 heterocycles. The summed E-state index contributed by atoms with van der Waals surface area (Å²) in [4.78, 5) is 12.0. The lowest BCUT2D eigenvalue weighted by molar-refractivity contribution is -0.147. The first-order chi connectivity index (χ1) is 16.0. The van der Waals surface area contributed by atoms with Gasteiger partial charge in [-0.1, -0.05) is 6.07 Å². The molecular weight excluding hydrogens is 420 g/mol. The van der Waals surface area contributed by atoms with E-state index in [1.165, 1.54) is 0 Å². The molecule has 172 valence electrons. The molecule has 4 rings (SSSR count). The van der Waals surface area contributed by atoms with Crippen molar-refractivity contribution in [3.05, 3.63) is 59.3 Å². The number of rotatable bonds is 8. The summed E-state index contributed by atoms with van der Waals surface area (Å²) >= 11 is 0. The van der Waals surface area contributed by atoms with Gasteiger partial charge in [-0.3, -0.25) is 4.79 Å². The van der Waals surface area contributed by atoms with Gasteiger partial charge < -0.3 is 23.5 Å². The molecule has 1 aromatic heterocycles. The first-order valence-corrected chi connectivity index (χ1v) is 11.2. The monoisotopic (exact) mass is 448 g/mol. The summed E-state index contributed by atoms with van der Waals surface area (Å²) in [5.74, 6) is 1.05. The van der Waals surface area contributed by atoms with Crippen LogP contribution in [0.4, 0.5) is 0 Å². The number of carbonyl (C=O) groups excluding carboxylic acids is 1. The van der Waals surface area contributed by atoms with E-state index in [9.17, 15) is 10.1 Å². The van der Waals surface area contributed by atoms with Crippen LogP contribution in [0.25, 0.3) is 10.9 Å². The Morgan fingerprint density at radius 3 is 2.85 bits per heavy atom. The van der Waals surface area contributed by atoms with E-state index in [-0.39, 0.29) is 24.6 Å². The van der Waals surface area contributed by atoms with E-state index in [2.05, 4.69) is 16.7 Å². The van der Waals surface area contributed by atoms with Crippen molar-refractivity contribution in [3.8, 4) is 17.6 Å². The van der Waals surface area contributed by atoms with Gasteiger partial charge >= 0.3 is 5.97 Å². The van der Waals surface area contributed by atoms with E-state index in [0.29, 0.717) is 31.1 Å². The number of nitrogens with zero attached hydrogens (tertiary/aromatic N) is 2. The van der Waals surface area contributed by atoms with Crippen LogP contribution >= 0.6 is 0 Å². The van der Waals surface area contributed by atoms with Gasteiger partial charge in [-0.15, -0.1) is 0 Å². The predicted octanol–water partition coefficient (Wildman–Crippen LogP) is 4.90. The van der Waals surface area contributed by atoms with E-state index in [1.54, 1.807) is 13.0 Å². The summed E-state index contributed by atoms with van der Waals surface area (Å²) in [5, 5.41) is 10.5. The number of ether oxygens (including phenoxy) is 4. The maximum absolute atomic E-state index is 12.0. The number of aromatic nitrogens is 1. The summed E-state index contributed by atoms with van der Waals surface area (Å²) in [7, 11) is 0. The van der Waals surface area contributed by atoms with Crippen molar-refractivity contribution in [2.75, 3.05) is 13.2 Å². The summed E-state index contributed by atoms with van der Waals surface area (Å²) < 4.78 is 24.8. The normalized spacial score (nSPS) is 15.2. The third kappa shape index (κ3) is 5.12. The molecular formula is C26H28N2O5. The molecule has 0 fully saturated rings. The van der Waals surface area contributed by atoms with Gasteiger partial charge in [0.05, 0.1) is 31.3 Å². The van der Waals surface area contributed by atoms with Gasteiger partial charge in [0.25, 0.3) is 0 Å². The Kier molecular flexibility index (Phi) is 6.85. The van der Waals surface area contributed by atoms with E-state index in [0.717, 1.165) is 34.5 Å². The molecule has 0 amide bonds. The second-order valence-electron chi connectivity index (χ2n) is 8.21. The van der Waals surface area contributed by atoms with E-state index < -0.39 is 0 Å². The number of esters is 1. The third-order valence-corrected chi connectivity index (χ3v) is 5.46. The van der Waals surface area contributed by atoms with Gasteiger partial charge in [0, 0.05) is 23.1 Å². The molecule has 0 bridgehead atoms. The van der Waals surface area contributed by atoms with E-state index >= 15 is 0 Å². The Balaban J connectivity index is 1.50. The summed E-state index contributed by atoms with van der Waals surface area (Å²) in [6.07, 6.45) is -0.113. The maximum Gasteiger partial charge on any atom is 0.308 e. The SMILES string of the molecule is CCOC(=O)CC1OCCn2c1cc1cc(OCc3ccc(OC(C)C)c(C#N)c3)ccc12. The Hall–Kier alpha value is -3.50. The number of hydrogen-bond acceptors (Lipinski definition) is 6. The van der Waals surface area contributed by atoms with E-state index in [4.69, 9.17) is 18.9 Å². The molecule has 1 aliphatic heterocycles. The Morgan fingerprint density at radius 2 is 2.09 bits per heavy atom. The average Bonchev–Trinajstić information content (AvgIpc) is 3.17. The molecule has 0 aliphatic carbocycles. The van der Waals surface area contributed by atoms with Crippen LogP contribution in [0.5, 0.6) is 11.5 Å². The van der Waals surface area contributed by atoms with Crippen molar-refractivity contribution in [1.29, 1.82) is 5.26 Å². The van der Waals surface area contributed by atoms with E-state index in [1.807, 2.05) is 44.2 Å².